The van der Waals surface area contributed by atoms with Gasteiger partial charge in [-0.3, -0.25) is 9.59 Å². The van der Waals surface area contributed by atoms with Crippen molar-refractivity contribution in [3.63, 3.8) is 0 Å². The highest BCUT2D eigenvalue weighted by Crippen LogP contribution is 2.16. The number of carbonyl (C=O) groups is 2. The molecule has 0 saturated heterocycles. The first-order valence-electron chi connectivity index (χ1n) is 7.87. The molecular formula is C19H22N2O2. The molecule has 0 aliphatic rings. The first-order chi connectivity index (χ1) is 11.1. The molecule has 2 rings (SSSR count). The number of hydrogen-bond donors (Lipinski definition) is 2. The molecule has 0 bridgehead atoms. The number of benzene rings is 2. The van der Waals surface area contributed by atoms with Crippen LogP contribution in [-0.2, 0) is 0 Å². The van der Waals surface area contributed by atoms with Crippen LogP contribution in [0.25, 0.3) is 0 Å². The first-order valence-corrected chi connectivity index (χ1v) is 7.87. The minimum atomic E-state index is -0.223. The van der Waals surface area contributed by atoms with Crippen molar-refractivity contribution < 1.29 is 9.59 Å². The van der Waals surface area contributed by atoms with E-state index < -0.39 is 0 Å². The Labute approximate surface area is 136 Å². The summed E-state index contributed by atoms with van der Waals surface area (Å²) in [5.74, 6) is -0.392. The van der Waals surface area contributed by atoms with Crippen molar-refractivity contribution >= 4 is 17.5 Å². The molecule has 2 aromatic rings. The number of hydrogen-bond acceptors (Lipinski definition) is 2. The molecule has 4 nitrogen and oxygen atoms in total. The predicted molar refractivity (Wildman–Crippen MR) is 92.8 cm³/mol. The van der Waals surface area contributed by atoms with Crippen molar-refractivity contribution in [2.75, 3.05) is 11.9 Å². The highest BCUT2D eigenvalue weighted by molar-refractivity contribution is 6.09. The fourth-order valence-corrected chi connectivity index (χ4v) is 2.16. The second-order valence-electron chi connectivity index (χ2n) is 5.48. The summed E-state index contributed by atoms with van der Waals surface area (Å²) in [5, 5.41) is 5.69. The van der Waals surface area contributed by atoms with E-state index in [-0.39, 0.29) is 11.8 Å². The van der Waals surface area contributed by atoms with Gasteiger partial charge in [0.15, 0.2) is 0 Å². The Bertz CT molecular complexity index is 678. The maximum absolute atomic E-state index is 12.3. The van der Waals surface area contributed by atoms with Gasteiger partial charge in [-0.2, -0.15) is 0 Å². The van der Waals surface area contributed by atoms with Gasteiger partial charge >= 0.3 is 0 Å². The lowest BCUT2D eigenvalue weighted by molar-refractivity contribution is 0.0954. The van der Waals surface area contributed by atoms with E-state index in [1.54, 1.807) is 36.4 Å². The number of unbranched alkanes of at least 4 members (excludes halogenated alkanes) is 1. The maximum atomic E-state index is 12.3. The van der Waals surface area contributed by atoms with Crippen molar-refractivity contribution in [1.29, 1.82) is 0 Å². The smallest absolute Gasteiger partial charge is 0.255 e. The molecule has 120 valence electrons. The number of amides is 2. The van der Waals surface area contributed by atoms with Crippen LogP contribution in [0.2, 0.25) is 0 Å². The largest absolute Gasteiger partial charge is 0.352 e. The van der Waals surface area contributed by atoms with Gasteiger partial charge < -0.3 is 10.6 Å². The molecule has 0 saturated carbocycles. The van der Waals surface area contributed by atoms with Gasteiger partial charge in [0.1, 0.15) is 0 Å². The molecule has 0 unspecified atom stereocenters. The molecule has 0 aliphatic heterocycles. The molecule has 2 amide bonds. The Morgan fingerprint density at radius 1 is 0.957 bits per heavy atom. The Balaban J connectivity index is 2.12. The lowest BCUT2D eigenvalue weighted by Gasteiger charge is -2.11. The molecule has 0 aromatic heterocycles. The minimum absolute atomic E-state index is 0.168. The van der Waals surface area contributed by atoms with E-state index in [1.807, 2.05) is 19.1 Å². The third-order valence-electron chi connectivity index (χ3n) is 3.55. The van der Waals surface area contributed by atoms with Gasteiger partial charge in [0.05, 0.1) is 11.3 Å². The first kappa shape index (κ1) is 16.7. The standard InChI is InChI=1S/C19H22N2O2/c1-3-4-13-20-19(23)16-7-5-6-8-17(16)21-18(22)15-11-9-14(2)10-12-15/h5-12H,3-4,13H2,1-2H3,(H,20,23)(H,21,22). The second-order valence-corrected chi connectivity index (χ2v) is 5.48. The average Bonchev–Trinajstić information content (AvgIpc) is 2.56. The zero-order valence-electron chi connectivity index (χ0n) is 13.6. The fraction of sp³-hybridized carbons (Fsp3) is 0.263. The third kappa shape index (κ3) is 4.68. The van der Waals surface area contributed by atoms with Crippen LogP contribution in [0.1, 0.15) is 46.0 Å². The summed E-state index contributed by atoms with van der Waals surface area (Å²) in [4.78, 5) is 24.6. The zero-order valence-corrected chi connectivity index (χ0v) is 13.6. The highest BCUT2D eigenvalue weighted by Gasteiger charge is 2.13. The molecule has 0 fully saturated rings. The quantitative estimate of drug-likeness (QED) is 0.798. The van der Waals surface area contributed by atoms with E-state index in [9.17, 15) is 9.59 Å². The van der Waals surface area contributed by atoms with Crippen molar-refractivity contribution in [2.45, 2.75) is 26.7 Å². The van der Waals surface area contributed by atoms with Gasteiger partial charge in [-0.05, 0) is 37.6 Å². The van der Waals surface area contributed by atoms with Gasteiger partial charge in [0.25, 0.3) is 11.8 Å². The second kappa shape index (κ2) is 8.13. The normalized spacial score (nSPS) is 10.2. The highest BCUT2D eigenvalue weighted by atomic mass is 16.2. The van der Waals surface area contributed by atoms with Crippen LogP contribution in [0, 0.1) is 6.92 Å². The Morgan fingerprint density at radius 2 is 1.65 bits per heavy atom. The van der Waals surface area contributed by atoms with Crippen molar-refractivity contribution in [1.82, 2.24) is 5.32 Å². The predicted octanol–water partition coefficient (Wildman–Crippen LogP) is 3.78. The summed E-state index contributed by atoms with van der Waals surface area (Å²) in [6.07, 6.45) is 1.95. The van der Waals surface area contributed by atoms with Gasteiger partial charge in [-0.1, -0.05) is 43.2 Å². The molecule has 0 atom stereocenters. The summed E-state index contributed by atoms with van der Waals surface area (Å²) in [6.45, 7) is 4.68. The van der Waals surface area contributed by atoms with Crippen molar-refractivity contribution in [2.24, 2.45) is 0 Å². The Morgan fingerprint density at radius 3 is 2.35 bits per heavy atom. The molecule has 0 aliphatic carbocycles. The molecular weight excluding hydrogens is 288 g/mol. The summed E-state index contributed by atoms with van der Waals surface area (Å²) in [5.41, 5.74) is 2.66. The van der Waals surface area contributed by atoms with Crippen molar-refractivity contribution in [3.8, 4) is 0 Å². The van der Waals surface area contributed by atoms with Crippen LogP contribution in [-0.4, -0.2) is 18.4 Å². The summed E-state index contributed by atoms with van der Waals surface area (Å²) >= 11 is 0. The van der Waals surface area contributed by atoms with E-state index in [2.05, 4.69) is 17.6 Å². The number of aryl methyl sites for hydroxylation is 1. The number of nitrogens with one attached hydrogen (secondary N) is 2. The lowest BCUT2D eigenvalue weighted by Crippen LogP contribution is -2.26. The Hall–Kier alpha value is -2.62. The van der Waals surface area contributed by atoms with E-state index >= 15 is 0 Å². The topological polar surface area (TPSA) is 58.2 Å². The van der Waals surface area contributed by atoms with Gasteiger partial charge in [-0.25, -0.2) is 0 Å². The van der Waals surface area contributed by atoms with E-state index in [0.717, 1.165) is 18.4 Å². The molecule has 23 heavy (non-hydrogen) atoms. The van der Waals surface area contributed by atoms with E-state index in [1.165, 1.54) is 0 Å². The molecule has 2 N–H and O–H groups in total. The van der Waals surface area contributed by atoms with E-state index in [0.29, 0.717) is 23.4 Å². The van der Waals surface area contributed by atoms with Crippen LogP contribution in [0.3, 0.4) is 0 Å². The summed E-state index contributed by atoms with van der Waals surface area (Å²) in [7, 11) is 0. The van der Waals surface area contributed by atoms with Gasteiger partial charge in [-0.15, -0.1) is 0 Å². The zero-order chi connectivity index (χ0) is 16.7. The van der Waals surface area contributed by atoms with Gasteiger partial charge in [0.2, 0.25) is 0 Å². The molecule has 0 heterocycles. The van der Waals surface area contributed by atoms with Crippen LogP contribution in [0.5, 0.6) is 0 Å². The van der Waals surface area contributed by atoms with Gasteiger partial charge in [0, 0.05) is 12.1 Å². The average molecular weight is 310 g/mol. The number of anilines is 1. The fourth-order valence-electron chi connectivity index (χ4n) is 2.16. The number of para-hydroxylation sites is 1. The minimum Gasteiger partial charge on any atom is -0.352 e. The van der Waals surface area contributed by atoms with Crippen LogP contribution in [0.4, 0.5) is 5.69 Å². The SMILES string of the molecule is CCCCNC(=O)c1ccccc1NC(=O)c1ccc(C)cc1. The molecule has 2 aromatic carbocycles. The molecule has 4 heteroatoms. The van der Waals surface area contributed by atoms with Crippen LogP contribution >= 0.6 is 0 Å². The lowest BCUT2D eigenvalue weighted by atomic mass is 10.1. The van der Waals surface area contributed by atoms with Crippen LogP contribution < -0.4 is 10.6 Å². The van der Waals surface area contributed by atoms with E-state index in [4.69, 9.17) is 0 Å². The monoisotopic (exact) mass is 310 g/mol. The van der Waals surface area contributed by atoms with Crippen LogP contribution in [0.15, 0.2) is 48.5 Å². The Kier molecular flexibility index (Phi) is 5.92. The summed E-state index contributed by atoms with van der Waals surface area (Å²) in [6, 6.07) is 14.4. The third-order valence-corrected chi connectivity index (χ3v) is 3.55. The molecule has 0 radical (unpaired) electrons. The number of rotatable bonds is 6. The molecule has 0 spiro atoms. The number of carbonyl (C=O) groups excluding carboxylic acids is 2. The summed E-state index contributed by atoms with van der Waals surface area (Å²) < 4.78 is 0. The maximum Gasteiger partial charge on any atom is 0.255 e. The van der Waals surface area contributed by atoms with Crippen molar-refractivity contribution in [3.05, 3.63) is 65.2 Å².